The first-order valence-corrected chi connectivity index (χ1v) is 4.50. The van der Waals surface area contributed by atoms with Gasteiger partial charge in [0.25, 0.3) is 0 Å². The van der Waals surface area contributed by atoms with E-state index >= 15 is 0 Å². The number of amides is 1. The minimum absolute atomic E-state index is 0.00375. The largest absolute Gasteiger partial charge is 0.396 e. The highest BCUT2D eigenvalue weighted by atomic mass is 32.2. The van der Waals surface area contributed by atoms with Crippen LogP contribution < -0.4 is 5.32 Å². The number of aliphatic hydroxyl groups excluding tert-OH is 1. The van der Waals surface area contributed by atoms with Crippen LogP contribution in [0.3, 0.4) is 0 Å². The predicted octanol–water partition coefficient (Wildman–Crippen LogP) is 0.236. The molecule has 0 radical (unpaired) electrons. The lowest BCUT2D eigenvalue weighted by Crippen LogP contribution is -2.37. The second kappa shape index (κ2) is 4.62. The first-order chi connectivity index (χ1) is 5.04. The lowest BCUT2D eigenvalue weighted by molar-refractivity contribution is -0.122. The van der Waals surface area contributed by atoms with Crippen LogP contribution in [0.2, 0.25) is 0 Å². The molecule has 0 fully saturated rings. The topological polar surface area (TPSA) is 49.3 Å². The molecule has 0 aliphatic rings. The van der Waals surface area contributed by atoms with Gasteiger partial charge in [-0.3, -0.25) is 4.79 Å². The molecule has 0 rings (SSSR count). The summed E-state index contributed by atoms with van der Waals surface area (Å²) in [6.07, 6.45) is 0. The number of hydrogen-bond donors (Lipinski definition) is 2. The second-order valence-corrected chi connectivity index (χ2v) is 4.38. The Labute approximate surface area is 71.6 Å². The number of hydrogen-bond acceptors (Lipinski definition) is 3. The highest BCUT2D eigenvalue weighted by Crippen LogP contribution is 2.23. The van der Waals surface area contributed by atoms with Crippen LogP contribution in [-0.2, 0) is 4.79 Å². The van der Waals surface area contributed by atoms with Gasteiger partial charge >= 0.3 is 0 Å². The van der Waals surface area contributed by atoms with Crippen LogP contribution in [0.25, 0.3) is 0 Å². The maximum Gasteiger partial charge on any atom is 0.235 e. The summed E-state index contributed by atoms with van der Waals surface area (Å²) in [6.45, 7) is 3.80. The first kappa shape index (κ1) is 10.8. The van der Waals surface area contributed by atoms with Gasteiger partial charge in [0.15, 0.2) is 0 Å². The molecule has 0 bridgehead atoms. The van der Waals surface area contributed by atoms with Gasteiger partial charge in [-0.25, -0.2) is 0 Å². The standard InChI is InChI=1S/C7H15NO2S/c1-7(2,6(10)8-3)11-5-4-9/h9H,4-5H2,1-3H3,(H,8,10). The van der Waals surface area contributed by atoms with E-state index in [0.29, 0.717) is 5.75 Å². The predicted molar refractivity (Wildman–Crippen MR) is 47.7 cm³/mol. The van der Waals surface area contributed by atoms with Crippen LogP contribution in [0.5, 0.6) is 0 Å². The van der Waals surface area contributed by atoms with Crippen LogP contribution in [-0.4, -0.2) is 35.2 Å². The van der Waals surface area contributed by atoms with E-state index in [4.69, 9.17) is 5.11 Å². The molecule has 2 N–H and O–H groups in total. The average Bonchev–Trinajstić information content (AvgIpc) is 1.99. The molecule has 66 valence electrons. The maximum atomic E-state index is 11.1. The summed E-state index contributed by atoms with van der Waals surface area (Å²) in [4.78, 5) is 11.1. The zero-order valence-corrected chi connectivity index (χ0v) is 7.99. The molecule has 0 spiro atoms. The number of carbonyl (C=O) groups is 1. The Bertz CT molecular complexity index is 136. The van der Waals surface area contributed by atoms with Gasteiger partial charge in [0.05, 0.1) is 11.4 Å². The molecule has 0 aromatic rings. The fourth-order valence-electron chi connectivity index (χ4n) is 0.667. The molecule has 0 unspecified atom stereocenters. The van der Waals surface area contributed by atoms with Crippen molar-refractivity contribution in [3.05, 3.63) is 0 Å². The van der Waals surface area contributed by atoms with Gasteiger partial charge in [-0.2, -0.15) is 0 Å². The molecule has 0 heterocycles. The zero-order valence-electron chi connectivity index (χ0n) is 7.18. The van der Waals surface area contributed by atoms with Gasteiger partial charge in [-0.15, -0.1) is 11.8 Å². The van der Waals surface area contributed by atoms with Gasteiger partial charge in [0.1, 0.15) is 0 Å². The Morgan fingerprint density at radius 1 is 1.64 bits per heavy atom. The molecule has 0 aromatic carbocycles. The van der Waals surface area contributed by atoms with E-state index in [2.05, 4.69) is 5.32 Å². The Morgan fingerprint density at radius 2 is 2.18 bits per heavy atom. The van der Waals surface area contributed by atoms with Crippen molar-refractivity contribution in [2.24, 2.45) is 0 Å². The summed E-state index contributed by atoms with van der Waals surface area (Å²) in [5.74, 6) is 0.594. The van der Waals surface area contributed by atoms with Crippen LogP contribution >= 0.6 is 11.8 Å². The van der Waals surface area contributed by atoms with Gasteiger partial charge in [-0.05, 0) is 13.8 Å². The van der Waals surface area contributed by atoms with Crippen LogP contribution in [0.15, 0.2) is 0 Å². The van der Waals surface area contributed by atoms with Crippen molar-refractivity contribution in [3.8, 4) is 0 Å². The molecule has 1 amide bonds. The number of thioether (sulfide) groups is 1. The Balaban J connectivity index is 3.88. The van der Waals surface area contributed by atoms with Crippen LogP contribution in [0.1, 0.15) is 13.8 Å². The fourth-order valence-corrected chi connectivity index (χ4v) is 1.50. The van der Waals surface area contributed by atoms with Crippen molar-refractivity contribution in [1.29, 1.82) is 0 Å². The van der Waals surface area contributed by atoms with Crippen molar-refractivity contribution in [3.63, 3.8) is 0 Å². The third kappa shape index (κ3) is 3.62. The normalized spacial score (nSPS) is 11.3. The summed E-state index contributed by atoms with van der Waals surface area (Å²) in [6, 6.07) is 0. The molecule has 11 heavy (non-hydrogen) atoms. The van der Waals surface area contributed by atoms with Crippen molar-refractivity contribution in [1.82, 2.24) is 5.32 Å². The van der Waals surface area contributed by atoms with Crippen molar-refractivity contribution in [2.45, 2.75) is 18.6 Å². The smallest absolute Gasteiger partial charge is 0.235 e. The lowest BCUT2D eigenvalue weighted by Gasteiger charge is -2.20. The number of aliphatic hydroxyl groups is 1. The van der Waals surface area contributed by atoms with Crippen molar-refractivity contribution < 1.29 is 9.90 Å². The molecule has 0 saturated carbocycles. The summed E-state index contributed by atoms with van der Waals surface area (Å²) in [5.41, 5.74) is 0. The highest BCUT2D eigenvalue weighted by molar-refractivity contribution is 8.01. The SMILES string of the molecule is CNC(=O)C(C)(C)SCCO. The summed E-state index contributed by atoms with van der Waals surface area (Å²) < 4.78 is -0.433. The van der Waals surface area contributed by atoms with Gasteiger partial charge < -0.3 is 10.4 Å². The van der Waals surface area contributed by atoms with E-state index in [-0.39, 0.29) is 12.5 Å². The van der Waals surface area contributed by atoms with Crippen LogP contribution in [0.4, 0.5) is 0 Å². The summed E-state index contributed by atoms with van der Waals surface area (Å²) in [7, 11) is 1.61. The van der Waals surface area contributed by atoms with Gasteiger partial charge in [0.2, 0.25) is 5.91 Å². The van der Waals surface area contributed by atoms with Crippen molar-refractivity contribution in [2.75, 3.05) is 19.4 Å². The van der Waals surface area contributed by atoms with E-state index in [1.54, 1.807) is 7.05 Å². The number of rotatable bonds is 4. The molecular formula is C7H15NO2S. The maximum absolute atomic E-state index is 11.1. The minimum Gasteiger partial charge on any atom is -0.396 e. The van der Waals surface area contributed by atoms with E-state index < -0.39 is 4.75 Å². The number of nitrogens with one attached hydrogen (secondary N) is 1. The summed E-state index contributed by atoms with van der Waals surface area (Å²) in [5, 5.41) is 11.1. The Hall–Kier alpha value is -0.220. The van der Waals surface area contributed by atoms with E-state index in [1.807, 2.05) is 13.8 Å². The lowest BCUT2D eigenvalue weighted by atomic mass is 10.2. The molecule has 0 saturated heterocycles. The number of carbonyl (C=O) groups excluding carboxylic acids is 1. The molecule has 0 aliphatic carbocycles. The van der Waals surface area contributed by atoms with E-state index in [9.17, 15) is 4.79 Å². The third-order valence-electron chi connectivity index (χ3n) is 1.33. The fraction of sp³-hybridized carbons (Fsp3) is 0.857. The minimum atomic E-state index is -0.433. The molecule has 4 heteroatoms. The van der Waals surface area contributed by atoms with E-state index in [1.165, 1.54) is 11.8 Å². The molecule has 0 aromatic heterocycles. The quantitative estimate of drug-likeness (QED) is 0.646. The molecular weight excluding hydrogens is 162 g/mol. The van der Waals surface area contributed by atoms with Crippen LogP contribution in [0, 0.1) is 0 Å². The third-order valence-corrected chi connectivity index (χ3v) is 2.62. The van der Waals surface area contributed by atoms with E-state index in [0.717, 1.165) is 0 Å². The molecule has 0 aliphatic heterocycles. The monoisotopic (exact) mass is 177 g/mol. The second-order valence-electron chi connectivity index (χ2n) is 2.66. The van der Waals surface area contributed by atoms with Gasteiger partial charge in [-0.1, -0.05) is 0 Å². The zero-order chi connectivity index (χ0) is 8.91. The Morgan fingerprint density at radius 3 is 2.55 bits per heavy atom. The van der Waals surface area contributed by atoms with Gasteiger partial charge in [0, 0.05) is 12.8 Å². The highest BCUT2D eigenvalue weighted by Gasteiger charge is 2.26. The average molecular weight is 177 g/mol. The van der Waals surface area contributed by atoms with Crippen molar-refractivity contribution >= 4 is 17.7 Å². The first-order valence-electron chi connectivity index (χ1n) is 3.51. The molecule has 0 atom stereocenters. The molecule has 3 nitrogen and oxygen atoms in total. The Kier molecular flexibility index (Phi) is 4.52. The summed E-state index contributed by atoms with van der Waals surface area (Å²) >= 11 is 1.45.